The van der Waals surface area contributed by atoms with Crippen LogP contribution in [0.3, 0.4) is 0 Å². The van der Waals surface area contributed by atoms with Gasteiger partial charge < -0.3 is 0 Å². The fraction of sp³-hybridized carbons (Fsp3) is 0.684. The molecule has 3 aliphatic carbocycles. The third kappa shape index (κ3) is 2.47. The van der Waals surface area contributed by atoms with E-state index >= 15 is 0 Å². The maximum absolute atomic E-state index is 2.37. The first-order valence-corrected chi connectivity index (χ1v) is 8.34. The third-order valence-corrected chi connectivity index (χ3v) is 6.10. The second-order valence-corrected chi connectivity index (χ2v) is 7.10. The summed E-state index contributed by atoms with van der Waals surface area (Å²) in [5.41, 5.74) is 2.91. The summed E-state index contributed by atoms with van der Waals surface area (Å²) in [7, 11) is 0. The van der Waals surface area contributed by atoms with Crippen molar-refractivity contribution in [2.45, 2.75) is 76.5 Å². The van der Waals surface area contributed by atoms with Crippen molar-refractivity contribution in [1.29, 1.82) is 0 Å². The second kappa shape index (κ2) is 5.31. The summed E-state index contributed by atoms with van der Waals surface area (Å²) < 4.78 is 0. The zero-order valence-electron chi connectivity index (χ0n) is 12.5. The van der Waals surface area contributed by atoms with Crippen molar-refractivity contribution in [2.24, 2.45) is 5.41 Å². The summed E-state index contributed by atoms with van der Waals surface area (Å²) in [5, 5.41) is 0. The van der Waals surface area contributed by atoms with Gasteiger partial charge in [0.2, 0.25) is 0 Å². The maximum atomic E-state index is 2.37. The summed E-state index contributed by atoms with van der Waals surface area (Å²) >= 11 is 0. The van der Waals surface area contributed by atoms with Crippen LogP contribution in [0, 0.1) is 5.41 Å². The van der Waals surface area contributed by atoms with Gasteiger partial charge in [0, 0.05) is 0 Å². The molecule has 0 spiro atoms. The molecule has 3 aliphatic rings. The molecular formula is C19H28. The van der Waals surface area contributed by atoms with Gasteiger partial charge in [-0.05, 0) is 61.3 Å². The van der Waals surface area contributed by atoms with Crippen LogP contribution < -0.4 is 0 Å². The van der Waals surface area contributed by atoms with Crippen LogP contribution in [0.5, 0.6) is 0 Å². The molecule has 0 amide bonds. The maximum Gasteiger partial charge on any atom is -0.00464 e. The van der Waals surface area contributed by atoms with Crippen molar-refractivity contribution in [1.82, 2.24) is 0 Å². The Morgan fingerprint density at radius 2 is 1.47 bits per heavy atom. The largest absolute Gasteiger partial charge is 0.0654 e. The molecule has 0 unspecified atom stereocenters. The topological polar surface area (TPSA) is 0 Å². The SMILES string of the molecule is CCCCCC12CCC(c3ccccc3)(CC1)CC2. The molecule has 0 aliphatic heterocycles. The fourth-order valence-electron chi connectivity index (χ4n) is 4.61. The summed E-state index contributed by atoms with van der Waals surface area (Å²) in [6.07, 6.45) is 14.6. The van der Waals surface area contributed by atoms with E-state index in [2.05, 4.69) is 37.3 Å². The van der Waals surface area contributed by atoms with Gasteiger partial charge >= 0.3 is 0 Å². The zero-order valence-corrected chi connectivity index (χ0v) is 12.5. The summed E-state index contributed by atoms with van der Waals surface area (Å²) in [6, 6.07) is 11.3. The van der Waals surface area contributed by atoms with Gasteiger partial charge in [-0.2, -0.15) is 0 Å². The van der Waals surface area contributed by atoms with E-state index in [0.717, 1.165) is 5.41 Å². The molecule has 2 bridgehead atoms. The van der Waals surface area contributed by atoms with Crippen molar-refractivity contribution in [3.8, 4) is 0 Å². The molecule has 1 aromatic carbocycles. The molecule has 3 fully saturated rings. The fourth-order valence-corrected chi connectivity index (χ4v) is 4.61. The number of benzene rings is 1. The smallest absolute Gasteiger partial charge is 0.00464 e. The summed E-state index contributed by atoms with van der Waals surface area (Å²) in [5.74, 6) is 0. The van der Waals surface area contributed by atoms with Gasteiger partial charge in [0.1, 0.15) is 0 Å². The van der Waals surface area contributed by atoms with E-state index in [1.54, 1.807) is 5.56 Å². The lowest BCUT2D eigenvalue weighted by Crippen LogP contribution is -2.44. The normalized spacial score (nSPS) is 33.5. The molecular weight excluding hydrogens is 228 g/mol. The molecule has 0 atom stereocenters. The van der Waals surface area contributed by atoms with E-state index in [9.17, 15) is 0 Å². The predicted molar refractivity (Wildman–Crippen MR) is 82.4 cm³/mol. The summed E-state index contributed by atoms with van der Waals surface area (Å²) in [6.45, 7) is 2.32. The average molecular weight is 256 g/mol. The molecule has 1 aromatic rings. The van der Waals surface area contributed by atoms with Crippen molar-refractivity contribution in [3.05, 3.63) is 35.9 Å². The highest BCUT2D eigenvalue weighted by Gasteiger charge is 2.48. The van der Waals surface area contributed by atoms with Crippen molar-refractivity contribution in [3.63, 3.8) is 0 Å². The molecule has 104 valence electrons. The lowest BCUT2D eigenvalue weighted by molar-refractivity contribution is 0.0305. The van der Waals surface area contributed by atoms with Gasteiger partial charge in [-0.15, -0.1) is 0 Å². The first-order valence-electron chi connectivity index (χ1n) is 8.34. The van der Waals surface area contributed by atoms with Gasteiger partial charge in [-0.25, -0.2) is 0 Å². The van der Waals surface area contributed by atoms with Crippen LogP contribution in [0.1, 0.15) is 76.7 Å². The van der Waals surface area contributed by atoms with Gasteiger partial charge in [-0.1, -0.05) is 56.5 Å². The van der Waals surface area contributed by atoms with Crippen LogP contribution in [-0.2, 0) is 5.41 Å². The Kier molecular flexibility index (Phi) is 3.69. The van der Waals surface area contributed by atoms with Crippen LogP contribution in [0.2, 0.25) is 0 Å². The Morgan fingerprint density at radius 1 is 0.842 bits per heavy atom. The van der Waals surface area contributed by atoms with Gasteiger partial charge in [0.25, 0.3) is 0 Å². The van der Waals surface area contributed by atoms with Gasteiger partial charge in [-0.3, -0.25) is 0 Å². The number of hydrogen-bond acceptors (Lipinski definition) is 0. The highest BCUT2D eigenvalue weighted by Crippen LogP contribution is 2.59. The quantitative estimate of drug-likeness (QED) is 0.579. The molecule has 19 heavy (non-hydrogen) atoms. The van der Waals surface area contributed by atoms with E-state index in [-0.39, 0.29) is 0 Å². The minimum atomic E-state index is 0.549. The van der Waals surface area contributed by atoms with Crippen LogP contribution in [0.25, 0.3) is 0 Å². The minimum Gasteiger partial charge on any atom is -0.0654 e. The summed E-state index contributed by atoms with van der Waals surface area (Å²) in [4.78, 5) is 0. The van der Waals surface area contributed by atoms with E-state index in [4.69, 9.17) is 0 Å². The van der Waals surface area contributed by atoms with Crippen LogP contribution in [0.15, 0.2) is 30.3 Å². The Morgan fingerprint density at radius 3 is 2.05 bits per heavy atom. The monoisotopic (exact) mass is 256 g/mol. The number of fused-ring (bicyclic) bond motifs is 3. The lowest BCUT2D eigenvalue weighted by Gasteiger charge is -2.54. The van der Waals surface area contributed by atoms with E-state index in [1.165, 1.54) is 64.2 Å². The third-order valence-electron chi connectivity index (χ3n) is 6.10. The van der Waals surface area contributed by atoms with E-state index in [0.29, 0.717) is 5.41 Å². The van der Waals surface area contributed by atoms with Crippen molar-refractivity contribution in [2.75, 3.05) is 0 Å². The van der Waals surface area contributed by atoms with Gasteiger partial charge in [0.15, 0.2) is 0 Å². The van der Waals surface area contributed by atoms with Crippen molar-refractivity contribution >= 4 is 0 Å². The van der Waals surface area contributed by atoms with E-state index in [1.807, 2.05) is 0 Å². The standard InChI is InChI=1S/C19H28/c1-2-3-7-10-18-11-14-19(15-12-18,16-13-18)17-8-5-4-6-9-17/h4-6,8-9H,2-3,7,10-16H2,1H3. The second-order valence-electron chi connectivity index (χ2n) is 7.10. The Bertz CT molecular complexity index is 379. The Labute approximate surface area is 118 Å². The molecule has 0 saturated heterocycles. The molecule has 4 rings (SSSR count). The number of unbranched alkanes of at least 4 members (excludes halogenated alkanes) is 2. The van der Waals surface area contributed by atoms with Crippen LogP contribution in [-0.4, -0.2) is 0 Å². The molecule has 0 N–H and O–H groups in total. The van der Waals surface area contributed by atoms with Crippen molar-refractivity contribution < 1.29 is 0 Å². The molecule has 0 nitrogen and oxygen atoms in total. The van der Waals surface area contributed by atoms with Crippen LogP contribution in [0.4, 0.5) is 0 Å². The molecule has 0 radical (unpaired) electrons. The number of rotatable bonds is 5. The predicted octanol–water partition coefficient (Wildman–Crippen LogP) is 5.86. The highest BCUT2D eigenvalue weighted by atomic mass is 14.5. The number of hydrogen-bond donors (Lipinski definition) is 0. The highest BCUT2D eigenvalue weighted by molar-refractivity contribution is 5.28. The molecule has 0 aromatic heterocycles. The first kappa shape index (κ1) is 13.2. The molecule has 3 saturated carbocycles. The average Bonchev–Trinajstić information content (AvgIpc) is 2.50. The Balaban J connectivity index is 1.68. The molecule has 0 heterocycles. The minimum absolute atomic E-state index is 0.549. The lowest BCUT2D eigenvalue weighted by atomic mass is 9.51. The van der Waals surface area contributed by atoms with Crippen LogP contribution >= 0.6 is 0 Å². The van der Waals surface area contributed by atoms with E-state index < -0.39 is 0 Å². The first-order chi connectivity index (χ1) is 9.29. The Hall–Kier alpha value is -0.780. The van der Waals surface area contributed by atoms with Gasteiger partial charge in [0.05, 0.1) is 0 Å². The molecule has 0 heteroatoms. The zero-order chi connectivity index (χ0) is 13.2.